The molecule has 0 amide bonds. The van der Waals surface area contributed by atoms with Crippen molar-refractivity contribution in [2.24, 2.45) is 5.92 Å². The molecule has 2 unspecified atom stereocenters. The van der Waals surface area contributed by atoms with Crippen molar-refractivity contribution in [3.05, 3.63) is 29.6 Å². The smallest absolute Gasteiger partial charge is 0.0372 e. The predicted octanol–water partition coefficient (Wildman–Crippen LogP) is 4.65. The van der Waals surface area contributed by atoms with Crippen molar-refractivity contribution in [1.29, 1.82) is 0 Å². The Labute approximate surface area is 119 Å². The maximum absolute atomic E-state index is 4.47. The first-order valence-corrected chi connectivity index (χ1v) is 7.88. The quantitative estimate of drug-likeness (QED) is 0.701. The summed E-state index contributed by atoms with van der Waals surface area (Å²) in [5.41, 5.74) is 2.45. The van der Waals surface area contributed by atoms with Crippen LogP contribution < -0.4 is 5.32 Å². The number of aryl methyl sites for hydroxylation is 1. The van der Waals surface area contributed by atoms with Crippen LogP contribution in [-0.4, -0.2) is 11.5 Å². The van der Waals surface area contributed by atoms with E-state index in [0.29, 0.717) is 6.04 Å². The lowest BCUT2D eigenvalue weighted by Gasteiger charge is -2.27. The summed E-state index contributed by atoms with van der Waals surface area (Å²) in [6, 6.07) is 4.83. The molecule has 0 saturated carbocycles. The molecule has 0 radical (unpaired) electrons. The molecule has 19 heavy (non-hydrogen) atoms. The highest BCUT2D eigenvalue weighted by molar-refractivity contribution is 5.18. The number of hydrogen-bond acceptors (Lipinski definition) is 2. The van der Waals surface area contributed by atoms with Gasteiger partial charge in [0.1, 0.15) is 0 Å². The number of nitrogens with one attached hydrogen (secondary N) is 1. The SMILES string of the molecule is CCCCC(CC)C(NCCC)c1ccc(C)nc1. The van der Waals surface area contributed by atoms with Crippen LogP contribution in [-0.2, 0) is 0 Å². The third-order valence-corrected chi connectivity index (χ3v) is 3.83. The normalized spacial score (nSPS) is 14.3. The predicted molar refractivity (Wildman–Crippen MR) is 83.3 cm³/mol. The number of pyridine rings is 1. The van der Waals surface area contributed by atoms with E-state index in [1.165, 1.54) is 37.7 Å². The van der Waals surface area contributed by atoms with Gasteiger partial charge in [-0.1, -0.05) is 46.1 Å². The van der Waals surface area contributed by atoms with Gasteiger partial charge in [0.15, 0.2) is 0 Å². The average molecular weight is 262 g/mol. The minimum Gasteiger partial charge on any atom is -0.310 e. The Morgan fingerprint density at radius 2 is 1.95 bits per heavy atom. The van der Waals surface area contributed by atoms with Crippen LogP contribution in [0.5, 0.6) is 0 Å². The van der Waals surface area contributed by atoms with Gasteiger partial charge in [-0.15, -0.1) is 0 Å². The molecule has 0 aliphatic carbocycles. The second-order valence-electron chi connectivity index (χ2n) is 5.48. The van der Waals surface area contributed by atoms with E-state index in [0.717, 1.165) is 18.2 Å². The largest absolute Gasteiger partial charge is 0.310 e. The van der Waals surface area contributed by atoms with E-state index in [4.69, 9.17) is 0 Å². The number of aromatic nitrogens is 1. The summed E-state index contributed by atoms with van der Waals surface area (Å²) in [5.74, 6) is 0.719. The van der Waals surface area contributed by atoms with Gasteiger partial charge in [-0.25, -0.2) is 0 Å². The molecule has 2 atom stereocenters. The van der Waals surface area contributed by atoms with Crippen LogP contribution in [0.25, 0.3) is 0 Å². The van der Waals surface area contributed by atoms with Gasteiger partial charge >= 0.3 is 0 Å². The van der Waals surface area contributed by atoms with Crippen molar-refractivity contribution in [1.82, 2.24) is 10.3 Å². The van der Waals surface area contributed by atoms with Gasteiger partial charge in [0.2, 0.25) is 0 Å². The maximum atomic E-state index is 4.47. The molecule has 2 heteroatoms. The first-order chi connectivity index (χ1) is 9.22. The Balaban J connectivity index is 2.81. The lowest BCUT2D eigenvalue weighted by molar-refractivity contribution is 0.323. The summed E-state index contributed by atoms with van der Waals surface area (Å²) in [4.78, 5) is 4.47. The van der Waals surface area contributed by atoms with Gasteiger partial charge in [-0.2, -0.15) is 0 Å². The fourth-order valence-electron chi connectivity index (χ4n) is 2.59. The maximum Gasteiger partial charge on any atom is 0.0372 e. The molecule has 0 saturated heterocycles. The Bertz CT molecular complexity index is 332. The van der Waals surface area contributed by atoms with Gasteiger partial charge in [-0.05, 0) is 43.9 Å². The molecule has 1 aromatic rings. The lowest BCUT2D eigenvalue weighted by atomic mass is 9.87. The second kappa shape index (κ2) is 9.08. The highest BCUT2D eigenvalue weighted by atomic mass is 14.9. The van der Waals surface area contributed by atoms with Gasteiger partial charge in [-0.3, -0.25) is 4.98 Å². The van der Waals surface area contributed by atoms with Crippen LogP contribution in [0.2, 0.25) is 0 Å². The highest BCUT2D eigenvalue weighted by Crippen LogP contribution is 2.28. The molecule has 0 aliphatic rings. The highest BCUT2D eigenvalue weighted by Gasteiger charge is 2.20. The van der Waals surface area contributed by atoms with Crippen molar-refractivity contribution in [3.8, 4) is 0 Å². The molecule has 108 valence electrons. The van der Waals surface area contributed by atoms with E-state index in [9.17, 15) is 0 Å². The molecule has 0 aliphatic heterocycles. The third kappa shape index (κ3) is 5.32. The topological polar surface area (TPSA) is 24.9 Å². The molecular formula is C17H30N2. The molecule has 0 aromatic carbocycles. The van der Waals surface area contributed by atoms with Crippen LogP contribution in [0.4, 0.5) is 0 Å². The van der Waals surface area contributed by atoms with E-state index in [1.54, 1.807) is 0 Å². The van der Waals surface area contributed by atoms with Gasteiger partial charge < -0.3 is 5.32 Å². The Morgan fingerprint density at radius 1 is 1.16 bits per heavy atom. The fourth-order valence-corrected chi connectivity index (χ4v) is 2.59. The van der Waals surface area contributed by atoms with E-state index in [-0.39, 0.29) is 0 Å². The molecule has 1 aromatic heterocycles. The molecule has 2 nitrogen and oxygen atoms in total. The number of nitrogens with zero attached hydrogens (tertiary/aromatic N) is 1. The standard InChI is InChI=1S/C17H30N2/c1-5-8-9-15(7-3)17(18-12-6-2)16-11-10-14(4)19-13-16/h10-11,13,15,17-18H,5-9,12H2,1-4H3. The Kier molecular flexibility index (Phi) is 7.73. The second-order valence-corrected chi connectivity index (χ2v) is 5.48. The van der Waals surface area contributed by atoms with Crippen LogP contribution in [0.3, 0.4) is 0 Å². The molecule has 1 rings (SSSR count). The summed E-state index contributed by atoms with van der Waals surface area (Å²) in [6.45, 7) is 9.94. The minimum absolute atomic E-state index is 0.463. The van der Waals surface area contributed by atoms with Crippen LogP contribution in [0.1, 0.15) is 70.2 Å². The first kappa shape index (κ1) is 16.2. The molecule has 1 heterocycles. The third-order valence-electron chi connectivity index (χ3n) is 3.83. The fraction of sp³-hybridized carbons (Fsp3) is 0.706. The molecule has 1 N–H and O–H groups in total. The summed E-state index contributed by atoms with van der Waals surface area (Å²) in [5, 5.41) is 3.73. The lowest BCUT2D eigenvalue weighted by Crippen LogP contribution is -2.29. The minimum atomic E-state index is 0.463. The molecular weight excluding hydrogens is 232 g/mol. The van der Waals surface area contributed by atoms with Crippen LogP contribution in [0, 0.1) is 12.8 Å². The van der Waals surface area contributed by atoms with Crippen LogP contribution in [0.15, 0.2) is 18.3 Å². The van der Waals surface area contributed by atoms with Crippen molar-refractivity contribution >= 4 is 0 Å². The van der Waals surface area contributed by atoms with Gasteiger partial charge in [0, 0.05) is 17.9 Å². The van der Waals surface area contributed by atoms with E-state index in [1.807, 2.05) is 6.92 Å². The Morgan fingerprint density at radius 3 is 2.47 bits per heavy atom. The molecule has 0 fully saturated rings. The van der Waals surface area contributed by atoms with E-state index in [2.05, 4.69) is 49.4 Å². The summed E-state index contributed by atoms with van der Waals surface area (Å²) in [7, 11) is 0. The molecule has 0 spiro atoms. The number of rotatable bonds is 9. The average Bonchev–Trinajstić information content (AvgIpc) is 2.44. The van der Waals surface area contributed by atoms with Gasteiger partial charge in [0.25, 0.3) is 0 Å². The van der Waals surface area contributed by atoms with Crippen LogP contribution >= 0.6 is 0 Å². The zero-order chi connectivity index (χ0) is 14.1. The number of unbranched alkanes of at least 4 members (excludes halogenated alkanes) is 1. The van der Waals surface area contributed by atoms with Crippen molar-refractivity contribution in [2.75, 3.05) is 6.54 Å². The first-order valence-electron chi connectivity index (χ1n) is 7.88. The summed E-state index contributed by atoms with van der Waals surface area (Å²) >= 11 is 0. The summed E-state index contributed by atoms with van der Waals surface area (Å²) < 4.78 is 0. The zero-order valence-electron chi connectivity index (χ0n) is 13.1. The zero-order valence-corrected chi connectivity index (χ0v) is 13.1. The monoisotopic (exact) mass is 262 g/mol. The van der Waals surface area contributed by atoms with E-state index >= 15 is 0 Å². The Hall–Kier alpha value is -0.890. The van der Waals surface area contributed by atoms with Crippen molar-refractivity contribution in [3.63, 3.8) is 0 Å². The van der Waals surface area contributed by atoms with Crippen molar-refractivity contribution in [2.45, 2.75) is 65.8 Å². The number of hydrogen-bond donors (Lipinski definition) is 1. The van der Waals surface area contributed by atoms with Crippen molar-refractivity contribution < 1.29 is 0 Å². The molecule has 0 bridgehead atoms. The van der Waals surface area contributed by atoms with Gasteiger partial charge in [0.05, 0.1) is 0 Å². The summed E-state index contributed by atoms with van der Waals surface area (Å²) in [6.07, 6.45) is 8.38. The van der Waals surface area contributed by atoms with E-state index < -0.39 is 0 Å².